The molecule has 0 spiro atoms. The van der Waals surface area contributed by atoms with Crippen molar-refractivity contribution < 1.29 is 14.3 Å². The van der Waals surface area contributed by atoms with E-state index in [1.807, 2.05) is 49.3 Å². The Morgan fingerprint density at radius 2 is 1.81 bits per heavy atom. The zero-order chi connectivity index (χ0) is 20.0. The number of carbonyl (C=O) groups is 2. The Labute approximate surface area is 161 Å². The molecule has 1 aliphatic heterocycles. The number of ether oxygens (including phenoxy) is 1. The maximum absolute atomic E-state index is 12.3. The highest BCUT2D eigenvalue weighted by Gasteiger charge is 2.26. The minimum atomic E-state index is -0.777. The van der Waals surface area contributed by atoms with E-state index in [1.165, 1.54) is 6.08 Å². The maximum atomic E-state index is 12.3. The molecule has 6 heteroatoms. The molecule has 0 saturated carbocycles. The van der Waals surface area contributed by atoms with Gasteiger partial charge in [0.05, 0.1) is 0 Å². The van der Waals surface area contributed by atoms with Crippen LogP contribution in [0.1, 0.15) is 25.8 Å². The molecule has 2 rings (SSSR count). The van der Waals surface area contributed by atoms with Gasteiger partial charge in [-0.3, -0.25) is 4.79 Å². The van der Waals surface area contributed by atoms with Crippen molar-refractivity contribution in [2.75, 3.05) is 38.7 Å². The van der Waals surface area contributed by atoms with E-state index in [4.69, 9.17) is 4.74 Å². The number of piperidine rings is 1. The molecular weight excluding hydrogens is 342 g/mol. The van der Waals surface area contributed by atoms with Crippen LogP contribution in [0.15, 0.2) is 29.8 Å². The molecule has 0 N–H and O–H groups in total. The van der Waals surface area contributed by atoms with Gasteiger partial charge in [0.25, 0.3) is 5.91 Å². The summed E-state index contributed by atoms with van der Waals surface area (Å²) < 4.78 is 5.09. The SMILES string of the molecule is CC1CC(C)CN(C(=O)COC(=O)C(C#N)=Cc2ccc(N(C)C)cc2)C1. The van der Waals surface area contributed by atoms with Crippen molar-refractivity contribution in [3.05, 3.63) is 35.4 Å². The number of hydrogen-bond donors (Lipinski definition) is 0. The molecule has 0 radical (unpaired) electrons. The Morgan fingerprint density at radius 1 is 1.22 bits per heavy atom. The molecule has 2 atom stereocenters. The third-order valence-corrected chi connectivity index (χ3v) is 4.61. The lowest BCUT2D eigenvalue weighted by Gasteiger charge is -2.34. The summed E-state index contributed by atoms with van der Waals surface area (Å²) in [5.41, 5.74) is 1.61. The van der Waals surface area contributed by atoms with Crippen LogP contribution >= 0.6 is 0 Å². The lowest BCUT2D eigenvalue weighted by atomic mass is 9.92. The number of nitrogens with zero attached hydrogens (tertiary/aromatic N) is 3. The summed E-state index contributed by atoms with van der Waals surface area (Å²) >= 11 is 0. The van der Waals surface area contributed by atoms with E-state index >= 15 is 0 Å². The Balaban J connectivity index is 1.96. The van der Waals surface area contributed by atoms with Crippen LogP contribution in [0.4, 0.5) is 5.69 Å². The Bertz CT molecular complexity index is 737. The third-order valence-electron chi connectivity index (χ3n) is 4.61. The summed E-state index contributed by atoms with van der Waals surface area (Å²) in [6, 6.07) is 9.29. The summed E-state index contributed by atoms with van der Waals surface area (Å²) in [6.45, 7) is 5.25. The van der Waals surface area contributed by atoms with Crippen LogP contribution in [-0.4, -0.2) is 50.6 Å². The summed E-state index contributed by atoms with van der Waals surface area (Å²) in [6.07, 6.45) is 2.56. The molecule has 1 aromatic carbocycles. The van der Waals surface area contributed by atoms with E-state index in [9.17, 15) is 14.9 Å². The van der Waals surface area contributed by atoms with Gasteiger partial charge in [0.2, 0.25) is 0 Å². The van der Waals surface area contributed by atoms with Gasteiger partial charge in [0, 0.05) is 32.9 Å². The van der Waals surface area contributed by atoms with Gasteiger partial charge in [0.15, 0.2) is 6.61 Å². The van der Waals surface area contributed by atoms with Crippen molar-refractivity contribution in [1.29, 1.82) is 5.26 Å². The lowest BCUT2D eigenvalue weighted by molar-refractivity contribution is -0.149. The van der Waals surface area contributed by atoms with Gasteiger partial charge in [-0.15, -0.1) is 0 Å². The topological polar surface area (TPSA) is 73.6 Å². The standard InChI is InChI=1S/C21H27N3O3/c1-15-9-16(2)13-24(12-15)20(25)14-27-21(26)18(11-22)10-17-5-7-19(8-6-17)23(3)4/h5-8,10,15-16H,9,12-14H2,1-4H3. The maximum Gasteiger partial charge on any atom is 0.349 e. The van der Waals surface area contributed by atoms with E-state index in [1.54, 1.807) is 4.90 Å². The summed E-state index contributed by atoms with van der Waals surface area (Å²) in [5.74, 6) is -0.115. The van der Waals surface area contributed by atoms with E-state index < -0.39 is 5.97 Å². The van der Waals surface area contributed by atoms with Crippen molar-refractivity contribution in [2.24, 2.45) is 11.8 Å². The number of amides is 1. The molecule has 2 unspecified atom stereocenters. The van der Waals surface area contributed by atoms with Crippen molar-refractivity contribution in [3.8, 4) is 6.07 Å². The van der Waals surface area contributed by atoms with Gasteiger partial charge in [-0.25, -0.2) is 4.79 Å². The molecule has 1 heterocycles. The van der Waals surface area contributed by atoms with E-state index in [0.717, 1.165) is 17.7 Å². The van der Waals surface area contributed by atoms with Crippen LogP contribution in [0.2, 0.25) is 0 Å². The van der Waals surface area contributed by atoms with Gasteiger partial charge < -0.3 is 14.5 Å². The molecule has 27 heavy (non-hydrogen) atoms. The molecule has 0 aliphatic carbocycles. The smallest absolute Gasteiger partial charge is 0.349 e. The average Bonchev–Trinajstić information content (AvgIpc) is 2.63. The molecule has 0 aromatic heterocycles. The highest BCUT2D eigenvalue weighted by atomic mass is 16.5. The first-order valence-electron chi connectivity index (χ1n) is 9.14. The van der Waals surface area contributed by atoms with E-state index in [2.05, 4.69) is 13.8 Å². The molecule has 1 aliphatic rings. The van der Waals surface area contributed by atoms with Gasteiger partial charge in [-0.1, -0.05) is 26.0 Å². The second-order valence-electron chi connectivity index (χ2n) is 7.48. The minimum absolute atomic E-state index is 0.124. The summed E-state index contributed by atoms with van der Waals surface area (Å²) in [4.78, 5) is 28.2. The fourth-order valence-electron chi connectivity index (χ4n) is 3.34. The predicted octanol–water partition coefficient (Wildman–Crippen LogP) is 2.71. The van der Waals surface area contributed by atoms with Crippen LogP contribution in [0, 0.1) is 23.2 Å². The van der Waals surface area contributed by atoms with E-state index in [-0.39, 0.29) is 18.1 Å². The normalized spacial score (nSPS) is 20.0. The Morgan fingerprint density at radius 3 is 2.33 bits per heavy atom. The molecular formula is C21H27N3O3. The van der Waals surface area contributed by atoms with Crippen LogP contribution in [-0.2, 0) is 14.3 Å². The molecule has 1 amide bonds. The number of esters is 1. The fraction of sp³-hybridized carbons (Fsp3) is 0.476. The molecule has 0 bridgehead atoms. The first kappa shape index (κ1) is 20.5. The Kier molecular flexibility index (Phi) is 7.00. The number of nitriles is 1. The van der Waals surface area contributed by atoms with Crippen molar-refractivity contribution in [3.63, 3.8) is 0 Å². The number of rotatable bonds is 5. The molecule has 1 fully saturated rings. The van der Waals surface area contributed by atoms with Gasteiger partial charge in [0.1, 0.15) is 11.6 Å². The fourth-order valence-corrected chi connectivity index (χ4v) is 3.34. The molecule has 1 saturated heterocycles. The van der Waals surface area contributed by atoms with Gasteiger partial charge in [-0.2, -0.15) is 5.26 Å². The summed E-state index contributed by atoms with van der Waals surface area (Å²) in [5, 5.41) is 9.26. The largest absolute Gasteiger partial charge is 0.451 e. The first-order chi connectivity index (χ1) is 12.8. The molecule has 6 nitrogen and oxygen atoms in total. The zero-order valence-electron chi connectivity index (χ0n) is 16.4. The predicted molar refractivity (Wildman–Crippen MR) is 105 cm³/mol. The third kappa shape index (κ3) is 5.85. The van der Waals surface area contributed by atoms with Crippen molar-refractivity contribution in [2.45, 2.75) is 20.3 Å². The number of hydrogen-bond acceptors (Lipinski definition) is 5. The van der Waals surface area contributed by atoms with Crippen LogP contribution < -0.4 is 4.90 Å². The van der Waals surface area contributed by atoms with Gasteiger partial charge >= 0.3 is 5.97 Å². The van der Waals surface area contributed by atoms with Crippen LogP contribution in [0.5, 0.6) is 0 Å². The molecule has 144 valence electrons. The highest BCUT2D eigenvalue weighted by Crippen LogP contribution is 2.21. The molecule has 1 aromatic rings. The number of likely N-dealkylation sites (tertiary alicyclic amines) is 1. The lowest BCUT2D eigenvalue weighted by Crippen LogP contribution is -2.44. The first-order valence-corrected chi connectivity index (χ1v) is 9.14. The quantitative estimate of drug-likeness (QED) is 0.453. The number of carbonyl (C=O) groups excluding carboxylic acids is 2. The van der Waals surface area contributed by atoms with E-state index in [0.29, 0.717) is 24.9 Å². The number of benzene rings is 1. The second-order valence-corrected chi connectivity index (χ2v) is 7.48. The number of anilines is 1. The monoisotopic (exact) mass is 369 g/mol. The average molecular weight is 369 g/mol. The second kappa shape index (κ2) is 9.22. The van der Waals surface area contributed by atoms with Crippen LogP contribution in [0.25, 0.3) is 6.08 Å². The van der Waals surface area contributed by atoms with Crippen molar-refractivity contribution in [1.82, 2.24) is 4.90 Å². The Hall–Kier alpha value is -2.81. The van der Waals surface area contributed by atoms with Crippen molar-refractivity contribution >= 4 is 23.6 Å². The highest BCUT2D eigenvalue weighted by molar-refractivity contribution is 5.98. The van der Waals surface area contributed by atoms with Crippen LogP contribution in [0.3, 0.4) is 0 Å². The zero-order valence-corrected chi connectivity index (χ0v) is 16.4. The summed E-state index contributed by atoms with van der Waals surface area (Å²) in [7, 11) is 3.87. The van der Waals surface area contributed by atoms with Gasteiger partial charge in [-0.05, 0) is 42.0 Å². The minimum Gasteiger partial charge on any atom is -0.451 e.